The SMILES string of the molecule is CCOC(=O)CNC(=O)C(=O)[C@@H](COCc1ccccc1)NC(=O)[C@@H](CC1CCCCC1)NC(=O)c1ccc(C(=O)O)c(NC(=O)OC(C)(C)C)c1. The van der Waals surface area contributed by atoms with Crippen LogP contribution in [0.3, 0.4) is 0 Å². The van der Waals surface area contributed by atoms with Gasteiger partial charge in [-0.15, -0.1) is 0 Å². The van der Waals surface area contributed by atoms with Crippen LogP contribution in [0.5, 0.6) is 0 Å². The number of carbonyl (C=O) groups excluding carboxylic acids is 6. The van der Waals surface area contributed by atoms with E-state index in [1.165, 1.54) is 6.07 Å². The van der Waals surface area contributed by atoms with Crippen molar-refractivity contribution in [2.45, 2.75) is 90.5 Å². The maximum Gasteiger partial charge on any atom is 0.412 e. The average Bonchev–Trinajstić information content (AvgIpc) is 3.09. The normalized spacial score (nSPS) is 14.2. The molecular weight excluding hydrogens is 676 g/mol. The van der Waals surface area contributed by atoms with E-state index in [-0.39, 0.29) is 42.4 Å². The second kappa shape index (κ2) is 19.9. The van der Waals surface area contributed by atoms with Gasteiger partial charge in [-0.3, -0.25) is 29.3 Å². The molecule has 0 saturated heterocycles. The van der Waals surface area contributed by atoms with Gasteiger partial charge in [0.25, 0.3) is 11.8 Å². The first kappa shape index (κ1) is 41.1. The number of carboxylic acid groups (broad SMARTS) is 1. The molecule has 1 aliphatic carbocycles. The van der Waals surface area contributed by atoms with Gasteiger partial charge in [-0.05, 0) is 63.8 Å². The van der Waals surface area contributed by atoms with Crippen molar-refractivity contribution in [1.82, 2.24) is 16.0 Å². The molecule has 15 heteroatoms. The van der Waals surface area contributed by atoms with Gasteiger partial charge in [-0.25, -0.2) is 9.59 Å². The van der Waals surface area contributed by atoms with Crippen LogP contribution < -0.4 is 21.3 Å². The standard InChI is InChI=1S/C37H48N4O11/c1-5-51-30(42)20-38-34(46)31(43)29(22-50-21-24-14-10-7-11-15-24)40-33(45)28(18-23-12-8-6-9-13-23)39-32(44)25-16-17-26(35(47)48)27(19-25)41-36(49)52-37(2,3)4/h7,10-11,14-17,19,23,28-29H,5-6,8-9,12-13,18,20-22H2,1-4H3,(H,38,46)(H,39,44)(H,40,45)(H,41,49)(H,47,48)/t28-,29-/m1/s1. The predicted octanol–water partition coefficient (Wildman–Crippen LogP) is 3.75. The van der Waals surface area contributed by atoms with Gasteiger partial charge in [0.15, 0.2) is 0 Å². The van der Waals surface area contributed by atoms with Crippen molar-refractivity contribution in [2.24, 2.45) is 5.92 Å². The molecule has 1 saturated carbocycles. The Hall–Kier alpha value is -5.31. The van der Waals surface area contributed by atoms with E-state index in [1.54, 1.807) is 52.0 Å². The number of aromatic carboxylic acids is 1. The van der Waals surface area contributed by atoms with Crippen LogP contribution in [0.25, 0.3) is 0 Å². The number of carboxylic acids is 1. The highest BCUT2D eigenvalue weighted by molar-refractivity contribution is 6.38. The Labute approximate surface area is 302 Å². The lowest BCUT2D eigenvalue weighted by atomic mass is 9.84. The van der Waals surface area contributed by atoms with E-state index < -0.39 is 72.4 Å². The highest BCUT2D eigenvalue weighted by Crippen LogP contribution is 2.28. The van der Waals surface area contributed by atoms with Crippen LogP contribution >= 0.6 is 0 Å². The molecule has 0 spiro atoms. The minimum atomic E-state index is -1.48. The third-order valence-electron chi connectivity index (χ3n) is 8.01. The zero-order valence-electron chi connectivity index (χ0n) is 30.0. The molecular formula is C37H48N4O11. The van der Waals surface area contributed by atoms with Crippen LogP contribution in [0.1, 0.15) is 92.5 Å². The van der Waals surface area contributed by atoms with Crippen LogP contribution in [0.15, 0.2) is 48.5 Å². The fourth-order valence-corrected chi connectivity index (χ4v) is 5.55. The quantitative estimate of drug-likeness (QED) is 0.117. The third kappa shape index (κ3) is 13.8. The third-order valence-corrected chi connectivity index (χ3v) is 8.01. The molecule has 2 aromatic carbocycles. The molecule has 0 radical (unpaired) electrons. The maximum atomic E-state index is 13.9. The van der Waals surface area contributed by atoms with Crippen molar-refractivity contribution in [3.05, 3.63) is 65.2 Å². The molecule has 15 nitrogen and oxygen atoms in total. The summed E-state index contributed by atoms with van der Waals surface area (Å²) in [4.78, 5) is 89.8. The first-order valence-electron chi connectivity index (χ1n) is 17.2. The van der Waals surface area contributed by atoms with E-state index in [4.69, 9.17) is 14.2 Å². The summed E-state index contributed by atoms with van der Waals surface area (Å²) in [6, 6.07) is 9.92. The predicted molar refractivity (Wildman–Crippen MR) is 188 cm³/mol. The van der Waals surface area contributed by atoms with Crippen molar-refractivity contribution >= 4 is 47.2 Å². The summed E-state index contributed by atoms with van der Waals surface area (Å²) in [6.45, 7) is 5.68. The molecule has 0 bridgehead atoms. The van der Waals surface area contributed by atoms with Crippen LogP contribution in [-0.4, -0.2) is 84.1 Å². The molecule has 1 aliphatic rings. The lowest BCUT2D eigenvalue weighted by Crippen LogP contribution is -2.56. The Balaban J connectivity index is 1.85. The minimum absolute atomic E-state index is 0.0605. The van der Waals surface area contributed by atoms with Crippen LogP contribution in [0.2, 0.25) is 0 Å². The molecule has 3 rings (SSSR count). The summed E-state index contributed by atoms with van der Waals surface area (Å²) in [5.41, 5.74) is -0.650. The van der Waals surface area contributed by atoms with E-state index in [2.05, 4.69) is 21.3 Å². The number of benzene rings is 2. The van der Waals surface area contributed by atoms with Gasteiger partial charge in [-0.1, -0.05) is 62.4 Å². The minimum Gasteiger partial charge on any atom is -0.478 e. The Morgan fingerprint density at radius 3 is 2.23 bits per heavy atom. The molecule has 0 unspecified atom stereocenters. The Morgan fingerprint density at radius 1 is 0.904 bits per heavy atom. The number of carbonyl (C=O) groups is 7. The molecule has 4 amide bonds. The number of hydrogen-bond donors (Lipinski definition) is 5. The zero-order valence-corrected chi connectivity index (χ0v) is 30.0. The largest absolute Gasteiger partial charge is 0.478 e. The number of esters is 1. The molecule has 2 atom stereocenters. The lowest BCUT2D eigenvalue weighted by Gasteiger charge is -2.28. The van der Waals surface area contributed by atoms with Gasteiger partial charge < -0.3 is 35.3 Å². The van der Waals surface area contributed by atoms with Crippen molar-refractivity contribution in [3.8, 4) is 0 Å². The fraction of sp³-hybridized carbons (Fsp3) is 0.486. The molecule has 1 fully saturated rings. The lowest BCUT2D eigenvalue weighted by molar-refractivity contribution is -0.146. The van der Waals surface area contributed by atoms with Gasteiger partial charge in [0, 0.05) is 5.56 Å². The van der Waals surface area contributed by atoms with Crippen molar-refractivity contribution in [1.29, 1.82) is 0 Å². The van der Waals surface area contributed by atoms with Gasteiger partial charge in [0.05, 0.1) is 31.1 Å². The highest BCUT2D eigenvalue weighted by Gasteiger charge is 2.33. The molecule has 52 heavy (non-hydrogen) atoms. The topological polar surface area (TPSA) is 216 Å². The van der Waals surface area contributed by atoms with Crippen LogP contribution in [0, 0.1) is 5.92 Å². The number of ether oxygens (including phenoxy) is 3. The Morgan fingerprint density at radius 2 is 1.60 bits per heavy atom. The van der Waals surface area contributed by atoms with Gasteiger partial charge in [0.2, 0.25) is 11.7 Å². The molecule has 2 aromatic rings. The number of hydrogen-bond acceptors (Lipinski definition) is 10. The van der Waals surface area contributed by atoms with Crippen molar-refractivity contribution in [2.75, 3.05) is 25.1 Å². The maximum absolute atomic E-state index is 13.9. The second-order valence-electron chi connectivity index (χ2n) is 13.4. The van der Waals surface area contributed by atoms with Gasteiger partial charge >= 0.3 is 18.0 Å². The van der Waals surface area contributed by atoms with Crippen molar-refractivity contribution < 1.29 is 52.9 Å². The van der Waals surface area contributed by atoms with E-state index in [0.29, 0.717) is 0 Å². The van der Waals surface area contributed by atoms with E-state index in [1.807, 2.05) is 6.07 Å². The zero-order chi connectivity index (χ0) is 38.3. The van der Waals surface area contributed by atoms with E-state index in [0.717, 1.165) is 49.8 Å². The van der Waals surface area contributed by atoms with Crippen molar-refractivity contribution in [3.63, 3.8) is 0 Å². The summed E-state index contributed by atoms with van der Waals surface area (Å²) < 4.78 is 15.7. The summed E-state index contributed by atoms with van der Waals surface area (Å²) in [5, 5.41) is 19.5. The summed E-state index contributed by atoms with van der Waals surface area (Å²) in [7, 11) is 0. The highest BCUT2D eigenvalue weighted by atomic mass is 16.6. The summed E-state index contributed by atoms with van der Waals surface area (Å²) in [5.74, 6) is -5.76. The number of rotatable bonds is 17. The molecule has 0 heterocycles. The number of anilines is 1. The Bertz CT molecular complexity index is 1580. The van der Waals surface area contributed by atoms with E-state index in [9.17, 15) is 38.7 Å². The van der Waals surface area contributed by atoms with Crippen LogP contribution in [0.4, 0.5) is 10.5 Å². The molecule has 282 valence electrons. The molecule has 0 aromatic heterocycles. The summed E-state index contributed by atoms with van der Waals surface area (Å²) >= 11 is 0. The Kier molecular flexibility index (Phi) is 15.7. The second-order valence-corrected chi connectivity index (χ2v) is 13.4. The van der Waals surface area contributed by atoms with E-state index >= 15 is 0 Å². The number of ketones is 1. The number of amides is 4. The number of Topliss-reactive ketones (excluding diaryl/α,β-unsaturated/α-hetero) is 1. The first-order chi connectivity index (χ1) is 24.7. The molecule has 0 aliphatic heterocycles. The monoisotopic (exact) mass is 724 g/mol. The van der Waals surface area contributed by atoms with Crippen LogP contribution in [-0.2, 0) is 40.0 Å². The van der Waals surface area contributed by atoms with Gasteiger partial charge in [0.1, 0.15) is 24.2 Å². The van der Waals surface area contributed by atoms with Gasteiger partial charge in [-0.2, -0.15) is 0 Å². The smallest absolute Gasteiger partial charge is 0.412 e. The molecule has 5 N–H and O–H groups in total. The summed E-state index contributed by atoms with van der Waals surface area (Å²) in [6.07, 6.45) is 3.84. The number of nitrogens with one attached hydrogen (secondary N) is 4. The average molecular weight is 725 g/mol. The first-order valence-corrected chi connectivity index (χ1v) is 17.2. The fourth-order valence-electron chi connectivity index (χ4n) is 5.55.